The summed E-state index contributed by atoms with van der Waals surface area (Å²) in [5.74, 6) is 0.289. The number of cyclic esters (lactones) is 1. The SMILES string of the molecule is O=C1/C=C\C=C/C2OC2=CCOC(=O)c2ccccc2C1. The number of allylic oxidation sites excluding steroid dienone is 3. The molecule has 0 N–H and O–H groups in total. The number of esters is 1. The second-order valence-electron chi connectivity index (χ2n) is 4.79. The lowest BCUT2D eigenvalue weighted by atomic mass is 10.0. The maximum Gasteiger partial charge on any atom is 0.338 e. The van der Waals surface area contributed by atoms with Gasteiger partial charge in [0.1, 0.15) is 12.4 Å². The van der Waals surface area contributed by atoms with Crippen LogP contribution in [0, 0.1) is 0 Å². The lowest BCUT2D eigenvalue weighted by Crippen LogP contribution is -2.11. The molecule has 0 bridgehead atoms. The highest BCUT2D eigenvalue weighted by Gasteiger charge is 2.29. The number of hydrogen-bond acceptors (Lipinski definition) is 4. The molecule has 2 heterocycles. The molecule has 21 heavy (non-hydrogen) atoms. The molecular formula is C17H14O4. The molecule has 1 aromatic carbocycles. The van der Waals surface area contributed by atoms with Gasteiger partial charge >= 0.3 is 5.97 Å². The molecule has 0 radical (unpaired) electrons. The zero-order valence-electron chi connectivity index (χ0n) is 11.3. The molecule has 1 atom stereocenters. The second kappa shape index (κ2) is 5.79. The molecule has 0 saturated carbocycles. The van der Waals surface area contributed by atoms with Crippen LogP contribution in [-0.2, 0) is 20.7 Å². The van der Waals surface area contributed by atoms with Crippen molar-refractivity contribution in [3.63, 3.8) is 0 Å². The first kappa shape index (κ1) is 13.4. The van der Waals surface area contributed by atoms with Crippen LogP contribution in [0.15, 0.2) is 60.4 Å². The van der Waals surface area contributed by atoms with Gasteiger partial charge in [0.2, 0.25) is 0 Å². The summed E-state index contributed by atoms with van der Waals surface area (Å²) < 4.78 is 10.5. The molecule has 2 aliphatic heterocycles. The molecule has 1 aromatic rings. The number of ketones is 1. The van der Waals surface area contributed by atoms with Crippen LogP contribution in [0.3, 0.4) is 0 Å². The Balaban J connectivity index is 1.88. The third kappa shape index (κ3) is 3.28. The zero-order valence-corrected chi connectivity index (χ0v) is 11.3. The number of hydrogen-bond donors (Lipinski definition) is 0. The summed E-state index contributed by atoms with van der Waals surface area (Å²) in [6, 6.07) is 6.99. The molecule has 0 amide bonds. The Hall–Kier alpha value is -2.62. The maximum atomic E-state index is 12.1. The van der Waals surface area contributed by atoms with E-state index in [-0.39, 0.29) is 24.9 Å². The van der Waals surface area contributed by atoms with Gasteiger partial charge in [-0.15, -0.1) is 0 Å². The number of epoxide rings is 1. The van der Waals surface area contributed by atoms with Crippen molar-refractivity contribution in [3.8, 4) is 0 Å². The van der Waals surface area contributed by atoms with Crippen LogP contribution in [0.2, 0.25) is 0 Å². The van der Waals surface area contributed by atoms with Gasteiger partial charge in [-0.05, 0) is 29.9 Å². The van der Waals surface area contributed by atoms with E-state index in [2.05, 4.69) is 0 Å². The Morgan fingerprint density at radius 3 is 2.86 bits per heavy atom. The highest BCUT2D eigenvalue weighted by molar-refractivity contribution is 5.96. The number of carbonyl (C=O) groups is 2. The fourth-order valence-corrected chi connectivity index (χ4v) is 2.14. The van der Waals surface area contributed by atoms with E-state index in [0.29, 0.717) is 11.1 Å². The molecule has 1 fully saturated rings. The average Bonchev–Trinajstić information content (AvgIpc) is 3.22. The molecule has 0 aromatic heterocycles. The van der Waals surface area contributed by atoms with Crippen LogP contribution in [-0.4, -0.2) is 24.5 Å². The van der Waals surface area contributed by atoms with Crippen molar-refractivity contribution in [1.82, 2.24) is 0 Å². The fraction of sp³-hybridized carbons (Fsp3) is 0.176. The first-order chi connectivity index (χ1) is 10.2. The number of benzene rings is 1. The summed E-state index contributed by atoms with van der Waals surface area (Å²) in [4.78, 5) is 24.0. The molecule has 1 unspecified atom stereocenters. The molecule has 3 rings (SSSR count). The van der Waals surface area contributed by atoms with E-state index in [1.807, 2.05) is 6.08 Å². The quantitative estimate of drug-likeness (QED) is 0.541. The van der Waals surface area contributed by atoms with Crippen molar-refractivity contribution in [3.05, 3.63) is 71.5 Å². The Labute approximate surface area is 122 Å². The summed E-state index contributed by atoms with van der Waals surface area (Å²) in [5, 5.41) is 0. The maximum absolute atomic E-state index is 12.1. The van der Waals surface area contributed by atoms with E-state index in [9.17, 15) is 9.59 Å². The predicted molar refractivity (Wildman–Crippen MR) is 76.7 cm³/mol. The van der Waals surface area contributed by atoms with Gasteiger partial charge in [-0.1, -0.05) is 30.4 Å². The standard InChI is InChI=1S/C17H14O4/c18-13-6-2-4-8-15-16(21-15)9-10-20-17(19)14-7-3-1-5-12(14)11-13/h1-9,15H,10-11H2/b6-2-,8-4-,16-9?. The third-order valence-electron chi connectivity index (χ3n) is 3.27. The van der Waals surface area contributed by atoms with Gasteiger partial charge in [0.25, 0.3) is 0 Å². The van der Waals surface area contributed by atoms with Crippen LogP contribution in [0.4, 0.5) is 0 Å². The smallest absolute Gasteiger partial charge is 0.338 e. The lowest BCUT2D eigenvalue weighted by Gasteiger charge is -2.07. The number of ether oxygens (including phenoxy) is 2. The van der Waals surface area contributed by atoms with E-state index in [1.54, 1.807) is 42.5 Å². The highest BCUT2D eigenvalue weighted by Crippen LogP contribution is 2.28. The van der Waals surface area contributed by atoms with Gasteiger partial charge in [0.05, 0.1) is 5.56 Å². The van der Waals surface area contributed by atoms with Crippen molar-refractivity contribution >= 4 is 11.8 Å². The van der Waals surface area contributed by atoms with Gasteiger partial charge in [-0.25, -0.2) is 4.79 Å². The summed E-state index contributed by atoms with van der Waals surface area (Å²) in [6.07, 6.45) is 8.67. The first-order valence-corrected chi connectivity index (χ1v) is 6.73. The molecule has 1 saturated heterocycles. The first-order valence-electron chi connectivity index (χ1n) is 6.73. The summed E-state index contributed by atoms with van der Waals surface area (Å²) in [6.45, 7) is 0.163. The minimum atomic E-state index is -0.427. The largest absolute Gasteiger partial charge is 0.479 e. The molecule has 0 spiro atoms. The van der Waals surface area contributed by atoms with Gasteiger partial charge in [0, 0.05) is 6.42 Å². The third-order valence-corrected chi connectivity index (χ3v) is 3.27. The van der Waals surface area contributed by atoms with Crippen LogP contribution >= 0.6 is 0 Å². The van der Waals surface area contributed by atoms with E-state index in [0.717, 1.165) is 5.76 Å². The zero-order chi connectivity index (χ0) is 14.7. The van der Waals surface area contributed by atoms with Crippen molar-refractivity contribution in [2.24, 2.45) is 0 Å². The minimum Gasteiger partial charge on any atom is -0.479 e. The van der Waals surface area contributed by atoms with Gasteiger partial charge in [-0.3, -0.25) is 4.79 Å². The number of rotatable bonds is 0. The molecule has 4 nitrogen and oxygen atoms in total. The molecular weight excluding hydrogens is 268 g/mol. The summed E-state index contributed by atoms with van der Waals surface area (Å²) in [5.41, 5.74) is 1.10. The van der Waals surface area contributed by atoms with Crippen LogP contribution in [0.25, 0.3) is 0 Å². The summed E-state index contributed by atoms with van der Waals surface area (Å²) in [7, 11) is 0. The van der Waals surface area contributed by atoms with E-state index in [1.165, 1.54) is 6.08 Å². The van der Waals surface area contributed by atoms with Gasteiger partial charge in [-0.2, -0.15) is 0 Å². The Morgan fingerprint density at radius 2 is 1.95 bits per heavy atom. The van der Waals surface area contributed by atoms with E-state index >= 15 is 0 Å². The second-order valence-corrected chi connectivity index (χ2v) is 4.79. The lowest BCUT2D eigenvalue weighted by molar-refractivity contribution is -0.114. The van der Waals surface area contributed by atoms with Crippen LogP contribution < -0.4 is 0 Å². The molecule has 2 aliphatic rings. The Kier molecular flexibility index (Phi) is 3.69. The van der Waals surface area contributed by atoms with Crippen molar-refractivity contribution in [2.75, 3.05) is 6.61 Å². The van der Waals surface area contributed by atoms with Gasteiger partial charge < -0.3 is 9.47 Å². The molecule has 0 aliphatic carbocycles. The van der Waals surface area contributed by atoms with Crippen LogP contribution in [0.5, 0.6) is 0 Å². The van der Waals surface area contributed by atoms with Gasteiger partial charge in [0.15, 0.2) is 11.9 Å². The normalized spacial score (nSPS) is 24.4. The molecule has 4 heteroatoms. The van der Waals surface area contributed by atoms with Crippen molar-refractivity contribution < 1.29 is 19.1 Å². The van der Waals surface area contributed by atoms with E-state index < -0.39 is 5.97 Å². The summed E-state index contributed by atoms with van der Waals surface area (Å²) >= 11 is 0. The van der Waals surface area contributed by atoms with E-state index in [4.69, 9.17) is 9.47 Å². The topological polar surface area (TPSA) is 55.9 Å². The Bertz CT molecular complexity index is 667. The average molecular weight is 282 g/mol. The minimum absolute atomic E-state index is 0.0653. The number of fused-ring (bicyclic) bond motifs is 2. The van der Waals surface area contributed by atoms with Crippen molar-refractivity contribution in [1.29, 1.82) is 0 Å². The monoisotopic (exact) mass is 282 g/mol. The highest BCUT2D eigenvalue weighted by atomic mass is 16.6. The number of carbonyl (C=O) groups excluding carboxylic acids is 2. The molecule has 106 valence electrons. The fourth-order valence-electron chi connectivity index (χ4n) is 2.14. The van der Waals surface area contributed by atoms with Crippen molar-refractivity contribution in [2.45, 2.75) is 12.5 Å². The van der Waals surface area contributed by atoms with Crippen LogP contribution in [0.1, 0.15) is 15.9 Å². The predicted octanol–water partition coefficient (Wildman–Crippen LogP) is 2.36. The Morgan fingerprint density at radius 1 is 1.10 bits per heavy atom.